The summed E-state index contributed by atoms with van der Waals surface area (Å²) in [5.74, 6) is 0.949. The second-order valence-electron chi connectivity index (χ2n) is 4.12. The summed E-state index contributed by atoms with van der Waals surface area (Å²) in [6, 6.07) is 0. The zero-order chi connectivity index (χ0) is 7.84. The van der Waals surface area contributed by atoms with Crippen LogP contribution in [0.1, 0.15) is 26.2 Å². The van der Waals surface area contributed by atoms with Gasteiger partial charge in [0.05, 0.1) is 12.2 Å². The largest absolute Gasteiger partial charge is 0.369 e. The van der Waals surface area contributed by atoms with Crippen LogP contribution < -0.4 is 0 Å². The van der Waals surface area contributed by atoms with E-state index in [1.165, 1.54) is 19.3 Å². The van der Waals surface area contributed by atoms with Crippen molar-refractivity contribution in [3.05, 3.63) is 0 Å². The first-order chi connectivity index (χ1) is 5.33. The van der Waals surface area contributed by atoms with E-state index in [0.717, 1.165) is 11.5 Å². The third kappa shape index (κ3) is 1.38. The van der Waals surface area contributed by atoms with Crippen molar-refractivity contribution in [3.63, 3.8) is 0 Å². The summed E-state index contributed by atoms with van der Waals surface area (Å²) in [4.78, 5) is 0. The summed E-state index contributed by atoms with van der Waals surface area (Å²) in [6.45, 7) is 4.86. The van der Waals surface area contributed by atoms with E-state index in [2.05, 4.69) is 13.5 Å². The van der Waals surface area contributed by atoms with Crippen molar-refractivity contribution in [2.45, 2.75) is 50.5 Å². The molecule has 1 nitrogen and oxygen atoms in total. The molecule has 0 aromatic carbocycles. The van der Waals surface area contributed by atoms with Crippen LogP contribution in [0.5, 0.6) is 0 Å². The van der Waals surface area contributed by atoms with E-state index in [4.69, 9.17) is 4.74 Å². The Morgan fingerprint density at radius 2 is 2.27 bits per heavy atom. The lowest BCUT2D eigenvalue weighted by Gasteiger charge is -2.23. The molecule has 0 radical (unpaired) electrons. The highest BCUT2D eigenvalue weighted by molar-refractivity contribution is 6.35. The minimum absolute atomic E-state index is 0.208. The van der Waals surface area contributed by atoms with Gasteiger partial charge in [0.15, 0.2) is 0 Å². The summed E-state index contributed by atoms with van der Waals surface area (Å²) in [6.07, 6.45) is 5.61. The van der Waals surface area contributed by atoms with Crippen molar-refractivity contribution < 1.29 is 4.74 Å². The van der Waals surface area contributed by atoms with Crippen LogP contribution in [0.25, 0.3) is 0 Å². The number of epoxide rings is 1. The minimum atomic E-state index is 0.208. The predicted octanol–water partition coefficient (Wildman–Crippen LogP) is 1.58. The standard InChI is InChI=1S/C9H18OSi/c1-6(11-2)7-4-3-5-8-9(7)10-8/h6-9H,3-5,11H2,1-2H3. The fourth-order valence-corrected chi connectivity index (χ4v) is 3.50. The van der Waals surface area contributed by atoms with Crippen LogP contribution in [0, 0.1) is 5.92 Å². The zero-order valence-electron chi connectivity index (χ0n) is 7.55. The SMILES string of the molecule is C[SiH2]C(C)C1CCCC2OC21. The molecule has 1 heterocycles. The van der Waals surface area contributed by atoms with E-state index >= 15 is 0 Å². The van der Waals surface area contributed by atoms with Crippen LogP contribution in [0.3, 0.4) is 0 Å². The lowest BCUT2D eigenvalue weighted by atomic mass is 9.87. The Labute approximate surface area is 71.3 Å². The molecule has 64 valence electrons. The Hall–Kier alpha value is 0.177. The van der Waals surface area contributed by atoms with Crippen molar-refractivity contribution in [1.82, 2.24) is 0 Å². The molecule has 1 saturated heterocycles. The van der Waals surface area contributed by atoms with Gasteiger partial charge in [0.25, 0.3) is 0 Å². The lowest BCUT2D eigenvalue weighted by Crippen LogP contribution is -2.22. The molecule has 0 aromatic rings. The smallest absolute Gasteiger partial charge is 0.0869 e. The highest BCUT2D eigenvalue weighted by Gasteiger charge is 2.48. The summed E-state index contributed by atoms with van der Waals surface area (Å²) in [5, 5.41) is 0. The maximum absolute atomic E-state index is 5.64. The van der Waals surface area contributed by atoms with Crippen LogP contribution in [0.15, 0.2) is 0 Å². The first-order valence-corrected chi connectivity index (χ1v) is 7.21. The third-order valence-electron chi connectivity index (χ3n) is 3.44. The van der Waals surface area contributed by atoms with E-state index in [1.807, 2.05) is 0 Å². The summed E-state index contributed by atoms with van der Waals surface area (Å²) in [5.41, 5.74) is 1.02. The first kappa shape index (κ1) is 7.81. The normalized spacial score (nSPS) is 45.8. The highest BCUT2D eigenvalue weighted by atomic mass is 28.2. The van der Waals surface area contributed by atoms with E-state index < -0.39 is 0 Å². The molecule has 1 saturated carbocycles. The molecule has 1 aliphatic heterocycles. The Kier molecular flexibility index (Phi) is 2.06. The van der Waals surface area contributed by atoms with Gasteiger partial charge in [0, 0.05) is 9.52 Å². The van der Waals surface area contributed by atoms with Crippen LogP contribution in [0.2, 0.25) is 12.1 Å². The van der Waals surface area contributed by atoms with E-state index in [-0.39, 0.29) is 9.52 Å². The van der Waals surface area contributed by atoms with Crippen LogP contribution in [0.4, 0.5) is 0 Å². The molecule has 2 aliphatic rings. The number of rotatable bonds is 2. The van der Waals surface area contributed by atoms with Gasteiger partial charge in [-0.05, 0) is 24.3 Å². The van der Waals surface area contributed by atoms with Gasteiger partial charge in [-0.2, -0.15) is 0 Å². The molecule has 2 fully saturated rings. The van der Waals surface area contributed by atoms with Gasteiger partial charge in [0.1, 0.15) is 0 Å². The van der Waals surface area contributed by atoms with E-state index in [0.29, 0.717) is 12.2 Å². The van der Waals surface area contributed by atoms with Gasteiger partial charge >= 0.3 is 0 Å². The summed E-state index contributed by atoms with van der Waals surface area (Å²) < 4.78 is 5.64. The molecule has 0 bridgehead atoms. The molecular formula is C9H18OSi. The Morgan fingerprint density at radius 3 is 3.00 bits per heavy atom. The van der Waals surface area contributed by atoms with Crippen LogP contribution >= 0.6 is 0 Å². The maximum atomic E-state index is 5.64. The molecule has 0 spiro atoms. The average molecular weight is 170 g/mol. The summed E-state index contributed by atoms with van der Waals surface area (Å²) >= 11 is 0. The Bertz CT molecular complexity index is 146. The Balaban J connectivity index is 1.92. The zero-order valence-corrected chi connectivity index (χ0v) is 8.96. The monoisotopic (exact) mass is 170 g/mol. The predicted molar refractivity (Wildman–Crippen MR) is 49.8 cm³/mol. The van der Waals surface area contributed by atoms with E-state index in [9.17, 15) is 0 Å². The summed E-state index contributed by atoms with van der Waals surface area (Å²) in [7, 11) is 0.208. The van der Waals surface area contributed by atoms with E-state index in [1.54, 1.807) is 0 Å². The van der Waals surface area contributed by atoms with Crippen LogP contribution in [-0.4, -0.2) is 21.7 Å². The van der Waals surface area contributed by atoms with Crippen molar-refractivity contribution in [1.29, 1.82) is 0 Å². The molecule has 0 N–H and O–H groups in total. The number of fused-ring (bicyclic) bond motifs is 1. The molecule has 11 heavy (non-hydrogen) atoms. The molecule has 0 aromatic heterocycles. The van der Waals surface area contributed by atoms with Crippen molar-refractivity contribution in [2.75, 3.05) is 0 Å². The number of hydrogen-bond acceptors (Lipinski definition) is 1. The fourth-order valence-electron chi connectivity index (χ4n) is 2.40. The van der Waals surface area contributed by atoms with Gasteiger partial charge < -0.3 is 4.74 Å². The molecule has 2 heteroatoms. The van der Waals surface area contributed by atoms with Crippen molar-refractivity contribution >= 4 is 9.52 Å². The van der Waals surface area contributed by atoms with Gasteiger partial charge in [-0.1, -0.05) is 19.9 Å². The average Bonchev–Trinajstić information content (AvgIpc) is 2.80. The van der Waals surface area contributed by atoms with Crippen molar-refractivity contribution in [3.8, 4) is 0 Å². The highest BCUT2D eigenvalue weighted by Crippen LogP contribution is 2.45. The molecular weight excluding hydrogens is 152 g/mol. The molecule has 0 amide bonds. The Morgan fingerprint density at radius 1 is 1.45 bits per heavy atom. The second kappa shape index (κ2) is 2.90. The molecule has 2 rings (SSSR count). The second-order valence-corrected chi connectivity index (χ2v) is 6.22. The van der Waals surface area contributed by atoms with Crippen LogP contribution in [-0.2, 0) is 4.74 Å². The van der Waals surface area contributed by atoms with Gasteiger partial charge in [-0.15, -0.1) is 0 Å². The van der Waals surface area contributed by atoms with Gasteiger partial charge in [0.2, 0.25) is 0 Å². The number of hydrogen-bond donors (Lipinski definition) is 0. The van der Waals surface area contributed by atoms with Gasteiger partial charge in [-0.3, -0.25) is 0 Å². The topological polar surface area (TPSA) is 12.5 Å². The van der Waals surface area contributed by atoms with Gasteiger partial charge in [-0.25, -0.2) is 0 Å². The first-order valence-electron chi connectivity index (χ1n) is 4.98. The quantitative estimate of drug-likeness (QED) is 0.453. The van der Waals surface area contributed by atoms with Crippen molar-refractivity contribution in [2.24, 2.45) is 5.92 Å². The minimum Gasteiger partial charge on any atom is -0.369 e. The molecule has 1 aliphatic carbocycles. The number of ether oxygens (including phenoxy) is 1. The third-order valence-corrected chi connectivity index (χ3v) is 5.34. The lowest BCUT2D eigenvalue weighted by molar-refractivity contribution is 0.315. The fraction of sp³-hybridized carbons (Fsp3) is 1.00. The molecule has 4 unspecified atom stereocenters. The molecule has 4 atom stereocenters. The maximum Gasteiger partial charge on any atom is 0.0869 e.